The predicted molar refractivity (Wildman–Crippen MR) is 62.5 cm³/mol. The first-order valence-corrected chi connectivity index (χ1v) is 4.94. The number of anilines is 1. The smallest absolute Gasteiger partial charge is 0.162 e. The fraction of sp³-hybridized carbons (Fsp3) is 0.182. The zero-order valence-electron chi connectivity index (χ0n) is 9.23. The molecule has 0 saturated carbocycles. The predicted octanol–water partition coefficient (Wildman–Crippen LogP) is 1.44. The van der Waals surface area contributed by atoms with Gasteiger partial charge in [0.1, 0.15) is 5.82 Å². The molecule has 0 aromatic carbocycles. The molecule has 16 heavy (non-hydrogen) atoms. The van der Waals surface area contributed by atoms with E-state index in [2.05, 4.69) is 20.4 Å². The van der Waals surface area contributed by atoms with Crippen molar-refractivity contribution >= 4 is 5.82 Å². The number of aryl methyl sites for hydroxylation is 2. The van der Waals surface area contributed by atoms with Gasteiger partial charge in [0.05, 0.1) is 0 Å². The summed E-state index contributed by atoms with van der Waals surface area (Å²) in [5, 5.41) is 0. The van der Waals surface area contributed by atoms with Crippen molar-refractivity contribution in [2.45, 2.75) is 13.8 Å². The van der Waals surface area contributed by atoms with Crippen LogP contribution in [0.1, 0.15) is 11.3 Å². The number of hydrogen-bond acceptors (Lipinski definition) is 5. The van der Waals surface area contributed by atoms with Crippen LogP contribution in [0.2, 0.25) is 0 Å². The second-order valence-electron chi connectivity index (χ2n) is 3.55. The number of nitrogens with zero attached hydrogens (tertiary/aromatic N) is 3. The highest BCUT2D eigenvalue weighted by Crippen LogP contribution is 2.20. The van der Waals surface area contributed by atoms with E-state index >= 15 is 0 Å². The lowest BCUT2D eigenvalue weighted by Gasteiger charge is -2.06. The average Bonchev–Trinajstić information content (AvgIpc) is 2.28. The molecule has 0 saturated heterocycles. The van der Waals surface area contributed by atoms with E-state index in [4.69, 9.17) is 5.84 Å². The maximum Gasteiger partial charge on any atom is 0.162 e. The highest BCUT2D eigenvalue weighted by Gasteiger charge is 2.06. The van der Waals surface area contributed by atoms with E-state index in [-0.39, 0.29) is 0 Å². The Balaban J connectivity index is 2.56. The van der Waals surface area contributed by atoms with Crippen LogP contribution in [0.5, 0.6) is 0 Å². The molecular weight excluding hydrogens is 202 g/mol. The fourth-order valence-corrected chi connectivity index (χ4v) is 1.49. The Labute approximate surface area is 93.7 Å². The summed E-state index contributed by atoms with van der Waals surface area (Å²) in [6.45, 7) is 3.88. The molecule has 2 rings (SSSR count). The van der Waals surface area contributed by atoms with Gasteiger partial charge in [-0.2, -0.15) is 0 Å². The maximum atomic E-state index is 5.35. The second kappa shape index (κ2) is 4.24. The van der Waals surface area contributed by atoms with Crippen molar-refractivity contribution in [3.63, 3.8) is 0 Å². The van der Waals surface area contributed by atoms with Gasteiger partial charge in [0.2, 0.25) is 0 Å². The first-order valence-electron chi connectivity index (χ1n) is 4.94. The molecule has 0 radical (unpaired) electrons. The molecule has 0 bridgehead atoms. The molecule has 2 aromatic heterocycles. The van der Waals surface area contributed by atoms with Crippen molar-refractivity contribution in [2.75, 3.05) is 5.43 Å². The topological polar surface area (TPSA) is 76.7 Å². The SMILES string of the molecule is Cc1cc(NN)nc(-c2ccncc2C)n1. The highest BCUT2D eigenvalue weighted by molar-refractivity contribution is 5.60. The van der Waals surface area contributed by atoms with Gasteiger partial charge in [-0.1, -0.05) is 0 Å². The van der Waals surface area contributed by atoms with Gasteiger partial charge in [0.25, 0.3) is 0 Å². The molecule has 0 aliphatic heterocycles. The van der Waals surface area contributed by atoms with E-state index in [1.165, 1.54) is 0 Å². The zero-order valence-corrected chi connectivity index (χ0v) is 9.23. The molecule has 3 N–H and O–H groups in total. The Kier molecular flexibility index (Phi) is 2.78. The van der Waals surface area contributed by atoms with Gasteiger partial charge >= 0.3 is 0 Å². The molecule has 0 aliphatic rings. The number of rotatable bonds is 2. The quantitative estimate of drug-likeness (QED) is 0.585. The maximum absolute atomic E-state index is 5.35. The van der Waals surface area contributed by atoms with Gasteiger partial charge in [-0.25, -0.2) is 15.8 Å². The number of pyridine rings is 1. The van der Waals surface area contributed by atoms with E-state index in [0.717, 1.165) is 16.8 Å². The lowest BCUT2D eigenvalue weighted by atomic mass is 10.1. The molecule has 0 spiro atoms. The number of hydrazine groups is 1. The van der Waals surface area contributed by atoms with Crippen LogP contribution in [-0.2, 0) is 0 Å². The van der Waals surface area contributed by atoms with Gasteiger partial charge in [0, 0.05) is 29.7 Å². The fourth-order valence-electron chi connectivity index (χ4n) is 1.49. The van der Waals surface area contributed by atoms with Gasteiger partial charge in [-0.3, -0.25) is 4.98 Å². The van der Waals surface area contributed by atoms with E-state index in [1.54, 1.807) is 18.5 Å². The molecular formula is C11H13N5. The minimum Gasteiger partial charge on any atom is -0.308 e. The molecule has 0 atom stereocenters. The molecule has 0 fully saturated rings. The lowest BCUT2D eigenvalue weighted by molar-refractivity contribution is 1.09. The van der Waals surface area contributed by atoms with Gasteiger partial charge < -0.3 is 5.43 Å². The Morgan fingerprint density at radius 1 is 1.25 bits per heavy atom. The van der Waals surface area contributed by atoms with Gasteiger partial charge in [-0.15, -0.1) is 0 Å². The summed E-state index contributed by atoms with van der Waals surface area (Å²) >= 11 is 0. The minimum atomic E-state index is 0.610. The van der Waals surface area contributed by atoms with E-state index in [1.807, 2.05) is 19.9 Å². The molecule has 2 heterocycles. The first kappa shape index (κ1) is 10.5. The van der Waals surface area contributed by atoms with Gasteiger partial charge in [-0.05, 0) is 25.5 Å². The summed E-state index contributed by atoms with van der Waals surface area (Å²) in [4.78, 5) is 12.7. The molecule has 82 valence electrons. The van der Waals surface area contributed by atoms with Crippen molar-refractivity contribution in [1.82, 2.24) is 15.0 Å². The Morgan fingerprint density at radius 2 is 2.06 bits per heavy atom. The summed E-state index contributed by atoms with van der Waals surface area (Å²) in [5.74, 6) is 6.62. The van der Waals surface area contributed by atoms with Crippen LogP contribution >= 0.6 is 0 Å². The third kappa shape index (κ3) is 1.99. The van der Waals surface area contributed by atoms with E-state index in [9.17, 15) is 0 Å². The summed E-state index contributed by atoms with van der Waals surface area (Å²) < 4.78 is 0. The highest BCUT2D eigenvalue weighted by atomic mass is 15.3. The summed E-state index contributed by atoms with van der Waals surface area (Å²) in [6.07, 6.45) is 3.51. The molecule has 2 aromatic rings. The largest absolute Gasteiger partial charge is 0.308 e. The van der Waals surface area contributed by atoms with Crippen LogP contribution in [-0.4, -0.2) is 15.0 Å². The third-order valence-corrected chi connectivity index (χ3v) is 2.26. The summed E-state index contributed by atoms with van der Waals surface area (Å²) in [5.41, 5.74) is 5.41. The first-order chi connectivity index (χ1) is 7.70. The van der Waals surface area contributed by atoms with Crippen LogP contribution < -0.4 is 11.3 Å². The number of nitrogens with two attached hydrogens (primary N) is 1. The van der Waals surface area contributed by atoms with Crippen LogP contribution in [0, 0.1) is 13.8 Å². The molecule has 5 heteroatoms. The van der Waals surface area contributed by atoms with Gasteiger partial charge in [0.15, 0.2) is 5.82 Å². The number of aromatic nitrogens is 3. The molecule has 5 nitrogen and oxygen atoms in total. The van der Waals surface area contributed by atoms with Crippen LogP contribution in [0.4, 0.5) is 5.82 Å². The van der Waals surface area contributed by atoms with E-state index in [0.29, 0.717) is 11.6 Å². The standard InChI is InChI=1S/C11H13N5/c1-7-6-13-4-3-9(7)11-14-8(2)5-10(15-11)16-12/h3-6H,12H2,1-2H3,(H,14,15,16). The number of nitrogens with one attached hydrogen (secondary N) is 1. The molecule has 0 unspecified atom stereocenters. The van der Waals surface area contributed by atoms with Crippen molar-refractivity contribution < 1.29 is 0 Å². The minimum absolute atomic E-state index is 0.610. The van der Waals surface area contributed by atoms with Crippen molar-refractivity contribution in [3.05, 3.63) is 35.8 Å². The lowest BCUT2D eigenvalue weighted by Crippen LogP contribution is -2.10. The Morgan fingerprint density at radius 3 is 2.75 bits per heavy atom. The Hall–Kier alpha value is -2.01. The van der Waals surface area contributed by atoms with Crippen molar-refractivity contribution in [3.8, 4) is 11.4 Å². The molecule has 0 aliphatic carbocycles. The number of nitrogen functional groups attached to an aromatic ring is 1. The number of hydrogen-bond donors (Lipinski definition) is 2. The summed E-state index contributed by atoms with van der Waals surface area (Å²) in [7, 11) is 0. The van der Waals surface area contributed by atoms with Crippen molar-refractivity contribution in [1.29, 1.82) is 0 Å². The van der Waals surface area contributed by atoms with Crippen LogP contribution in [0.25, 0.3) is 11.4 Å². The van der Waals surface area contributed by atoms with Crippen molar-refractivity contribution in [2.24, 2.45) is 5.84 Å². The second-order valence-corrected chi connectivity index (χ2v) is 3.55. The zero-order chi connectivity index (χ0) is 11.5. The summed E-state index contributed by atoms with van der Waals surface area (Å²) in [6, 6.07) is 3.68. The average molecular weight is 215 g/mol. The monoisotopic (exact) mass is 215 g/mol. The Bertz CT molecular complexity index is 509. The third-order valence-electron chi connectivity index (χ3n) is 2.26. The van der Waals surface area contributed by atoms with Crippen LogP contribution in [0.3, 0.4) is 0 Å². The van der Waals surface area contributed by atoms with Crippen LogP contribution in [0.15, 0.2) is 24.5 Å². The molecule has 0 amide bonds. The van der Waals surface area contributed by atoms with E-state index < -0.39 is 0 Å². The normalized spacial score (nSPS) is 10.2.